The number of ether oxygens (including phenoxy) is 1. The lowest BCUT2D eigenvalue weighted by molar-refractivity contribution is -0.124. The molecule has 1 aromatic carbocycles. The highest BCUT2D eigenvalue weighted by molar-refractivity contribution is 7.80. The van der Waals surface area contributed by atoms with Gasteiger partial charge >= 0.3 is 0 Å². The molecule has 0 aliphatic heterocycles. The van der Waals surface area contributed by atoms with Gasteiger partial charge < -0.3 is 15.8 Å². The van der Waals surface area contributed by atoms with Crippen LogP contribution in [-0.4, -0.2) is 23.5 Å². The van der Waals surface area contributed by atoms with E-state index >= 15 is 0 Å². The third kappa shape index (κ3) is 6.02. The number of nitrogens with two attached hydrogens (primary N) is 1. The molecular formula is C15H22N2O2S. The molecule has 110 valence electrons. The minimum atomic E-state index is -0.113. The third-order valence-electron chi connectivity index (χ3n) is 3.06. The van der Waals surface area contributed by atoms with Crippen LogP contribution in [0.3, 0.4) is 0 Å². The molecule has 4 nitrogen and oxygen atoms in total. The van der Waals surface area contributed by atoms with Crippen LogP contribution < -0.4 is 15.8 Å². The molecule has 1 rings (SSSR count). The Morgan fingerprint density at radius 3 is 2.40 bits per heavy atom. The average Bonchev–Trinajstić information content (AvgIpc) is 2.37. The van der Waals surface area contributed by atoms with Crippen molar-refractivity contribution in [3.63, 3.8) is 0 Å². The van der Waals surface area contributed by atoms with Gasteiger partial charge in [0.25, 0.3) is 5.91 Å². The number of amides is 1. The average molecular weight is 294 g/mol. The van der Waals surface area contributed by atoms with E-state index in [1.54, 1.807) is 0 Å². The summed E-state index contributed by atoms with van der Waals surface area (Å²) in [5.74, 6) is 0.945. The molecule has 0 bridgehead atoms. The van der Waals surface area contributed by atoms with Gasteiger partial charge in [-0.25, -0.2) is 0 Å². The van der Waals surface area contributed by atoms with Crippen LogP contribution in [-0.2, 0) is 11.2 Å². The van der Waals surface area contributed by atoms with Crippen molar-refractivity contribution in [2.75, 3.05) is 6.61 Å². The molecule has 0 fully saturated rings. The monoisotopic (exact) mass is 294 g/mol. The highest BCUT2D eigenvalue weighted by atomic mass is 32.1. The SMILES string of the molecule is CC(C)C(C)NC(=O)COc1ccc(CC(N)=S)cc1. The predicted molar refractivity (Wildman–Crippen MR) is 84.9 cm³/mol. The Kier molecular flexibility index (Phi) is 6.45. The van der Waals surface area contributed by atoms with Gasteiger partial charge in [0.05, 0.1) is 4.99 Å². The summed E-state index contributed by atoms with van der Waals surface area (Å²) in [6.07, 6.45) is 0.571. The van der Waals surface area contributed by atoms with Gasteiger partial charge in [-0.2, -0.15) is 0 Å². The van der Waals surface area contributed by atoms with Crippen LogP contribution in [0.25, 0.3) is 0 Å². The van der Waals surface area contributed by atoms with E-state index in [1.807, 2.05) is 31.2 Å². The van der Waals surface area contributed by atoms with Crippen molar-refractivity contribution in [1.29, 1.82) is 0 Å². The zero-order valence-corrected chi connectivity index (χ0v) is 13.0. The van der Waals surface area contributed by atoms with Gasteiger partial charge in [0.15, 0.2) is 6.61 Å². The van der Waals surface area contributed by atoms with Crippen molar-refractivity contribution in [3.05, 3.63) is 29.8 Å². The van der Waals surface area contributed by atoms with Gasteiger partial charge in [-0.3, -0.25) is 4.79 Å². The van der Waals surface area contributed by atoms with E-state index < -0.39 is 0 Å². The molecule has 0 spiro atoms. The second kappa shape index (κ2) is 7.85. The summed E-state index contributed by atoms with van der Waals surface area (Å²) in [5, 5.41) is 2.89. The summed E-state index contributed by atoms with van der Waals surface area (Å²) in [4.78, 5) is 12.1. The van der Waals surface area contributed by atoms with Crippen LogP contribution in [0.15, 0.2) is 24.3 Å². The van der Waals surface area contributed by atoms with Gasteiger partial charge in [-0.15, -0.1) is 0 Å². The van der Waals surface area contributed by atoms with Crippen molar-refractivity contribution < 1.29 is 9.53 Å². The number of hydrogen-bond acceptors (Lipinski definition) is 3. The van der Waals surface area contributed by atoms with Crippen LogP contribution in [0.4, 0.5) is 0 Å². The molecule has 0 radical (unpaired) electrons. The van der Waals surface area contributed by atoms with Gasteiger partial charge in [0.1, 0.15) is 5.75 Å². The number of nitrogens with one attached hydrogen (secondary N) is 1. The van der Waals surface area contributed by atoms with Crippen LogP contribution in [0.1, 0.15) is 26.3 Å². The molecule has 0 aliphatic carbocycles. The normalized spacial score (nSPS) is 12.0. The first-order valence-electron chi connectivity index (χ1n) is 6.68. The first-order valence-corrected chi connectivity index (χ1v) is 7.08. The fourth-order valence-corrected chi connectivity index (χ4v) is 1.68. The maximum Gasteiger partial charge on any atom is 0.258 e. The lowest BCUT2D eigenvalue weighted by atomic mass is 10.1. The number of carbonyl (C=O) groups is 1. The van der Waals surface area contributed by atoms with E-state index in [-0.39, 0.29) is 18.6 Å². The molecular weight excluding hydrogens is 272 g/mol. The Morgan fingerprint density at radius 1 is 1.30 bits per heavy atom. The number of carbonyl (C=O) groups excluding carboxylic acids is 1. The molecule has 20 heavy (non-hydrogen) atoms. The Balaban J connectivity index is 2.42. The zero-order valence-electron chi connectivity index (χ0n) is 12.2. The smallest absolute Gasteiger partial charge is 0.258 e. The standard InChI is InChI=1S/C15H22N2O2S/c1-10(2)11(3)17-15(18)9-19-13-6-4-12(5-7-13)8-14(16)20/h4-7,10-11H,8-9H2,1-3H3,(H2,16,20)(H,17,18). The first kappa shape index (κ1) is 16.4. The van der Waals surface area contributed by atoms with Gasteiger partial charge in [-0.1, -0.05) is 38.2 Å². The van der Waals surface area contributed by atoms with Crippen molar-refractivity contribution in [2.24, 2.45) is 11.7 Å². The molecule has 1 aromatic rings. The molecule has 5 heteroatoms. The number of thiocarbonyl (C=S) groups is 1. The Labute approximate surface area is 125 Å². The van der Waals surface area contributed by atoms with Crippen molar-refractivity contribution in [1.82, 2.24) is 5.32 Å². The zero-order chi connectivity index (χ0) is 15.1. The van der Waals surface area contributed by atoms with Crippen LogP contribution in [0, 0.1) is 5.92 Å². The lowest BCUT2D eigenvalue weighted by Gasteiger charge is -2.17. The molecule has 0 heterocycles. The maximum absolute atomic E-state index is 11.7. The quantitative estimate of drug-likeness (QED) is 0.756. The minimum Gasteiger partial charge on any atom is -0.484 e. The van der Waals surface area contributed by atoms with E-state index in [0.717, 1.165) is 5.56 Å². The number of benzene rings is 1. The van der Waals surface area contributed by atoms with Crippen LogP contribution >= 0.6 is 12.2 Å². The fourth-order valence-electron chi connectivity index (χ4n) is 1.52. The lowest BCUT2D eigenvalue weighted by Crippen LogP contribution is -2.38. The summed E-state index contributed by atoms with van der Waals surface area (Å²) in [6, 6.07) is 7.55. The van der Waals surface area contributed by atoms with E-state index in [2.05, 4.69) is 19.2 Å². The summed E-state index contributed by atoms with van der Waals surface area (Å²) in [5.41, 5.74) is 6.51. The van der Waals surface area contributed by atoms with E-state index in [9.17, 15) is 4.79 Å². The third-order valence-corrected chi connectivity index (χ3v) is 3.20. The molecule has 0 saturated carbocycles. The second-order valence-electron chi connectivity index (χ2n) is 5.18. The fraction of sp³-hybridized carbons (Fsp3) is 0.467. The predicted octanol–water partition coefficient (Wildman–Crippen LogP) is 2.05. The molecule has 0 aromatic heterocycles. The van der Waals surface area contributed by atoms with Crippen molar-refractivity contribution in [3.8, 4) is 5.75 Å². The van der Waals surface area contributed by atoms with Gasteiger partial charge in [-0.05, 0) is 30.5 Å². The highest BCUT2D eigenvalue weighted by Crippen LogP contribution is 2.12. The highest BCUT2D eigenvalue weighted by Gasteiger charge is 2.11. The van der Waals surface area contributed by atoms with Crippen LogP contribution in [0.2, 0.25) is 0 Å². The van der Waals surface area contributed by atoms with E-state index in [4.69, 9.17) is 22.7 Å². The molecule has 0 saturated heterocycles. The summed E-state index contributed by atoms with van der Waals surface area (Å²) >= 11 is 4.85. The number of hydrogen-bond donors (Lipinski definition) is 2. The van der Waals surface area contributed by atoms with Gasteiger partial charge in [0.2, 0.25) is 0 Å². The molecule has 0 aliphatic rings. The molecule has 1 atom stereocenters. The minimum absolute atomic E-state index is 0.0196. The second-order valence-corrected chi connectivity index (χ2v) is 5.70. The molecule has 3 N–H and O–H groups in total. The first-order chi connectivity index (χ1) is 9.38. The Hall–Kier alpha value is -1.62. The molecule has 1 amide bonds. The topological polar surface area (TPSA) is 64.3 Å². The summed E-state index contributed by atoms with van der Waals surface area (Å²) in [7, 11) is 0. The van der Waals surface area contributed by atoms with E-state index in [0.29, 0.717) is 23.1 Å². The van der Waals surface area contributed by atoms with E-state index in [1.165, 1.54) is 0 Å². The maximum atomic E-state index is 11.7. The summed E-state index contributed by atoms with van der Waals surface area (Å²) < 4.78 is 5.43. The van der Waals surface area contributed by atoms with Crippen molar-refractivity contribution in [2.45, 2.75) is 33.2 Å². The number of rotatable bonds is 7. The Bertz CT molecular complexity index is 457. The van der Waals surface area contributed by atoms with Crippen molar-refractivity contribution >= 4 is 23.1 Å². The van der Waals surface area contributed by atoms with Gasteiger partial charge in [0, 0.05) is 12.5 Å². The van der Waals surface area contributed by atoms with Crippen LogP contribution in [0.5, 0.6) is 5.75 Å². The Morgan fingerprint density at radius 2 is 1.90 bits per heavy atom. The largest absolute Gasteiger partial charge is 0.484 e. The summed E-state index contributed by atoms with van der Waals surface area (Å²) in [6.45, 7) is 6.12. The molecule has 1 unspecified atom stereocenters.